The van der Waals surface area contributed by atoms with Crippen LogP contribution in [0.15, 0.2) is 24.3 Å². The zero-order valence-corrected chi connectivity index (χ0v) is 42.1. The molecular formula is C53H96O15. The fraction of sp³-hybridized carbons (Fsp3) is 0.887. The largest absolute Gasteiger partial charge is 0.462 e. The maximum Gasteiger partial charge on any atom is 0.306 e. The number of ether oxygens (including phenoxy) is 6. The lowest BCUT2D eigenvalue weighted by molar-refractivity contribution is -0.332. The molecule has 0 aliphatic carbocycles. The lowest BCUT2D eigenvalue weighted by atomic mass is 9.98. The molecule has 0 radical (unpaired) electrons. The smallest absolute Gasteiger partial charge is 0.306 e. The van der Waals surface area contributed by atoms with Gasteiger partial charge in [-0.3, -0.25) is 9.59 Å². The topological polar surface area (TPSA) is 231 Å². The van der Waals surface area contributed by atoms with Gasteiger partial charge < -0.3 is 64.2 Å². The van der Waals surface area contributed by atoms with Crippen LogP contribution >= 0.6 is 0 Å². The summed E-state index contributed by atoms with van der Waals surface area (Å²) in [5, 5.41) is 72.1. The van der Waals surface area contributed by atoms with Crippen LogP contribution in [0.5, 0.6) is 0 Å². The average molecular weight is 973 g/mol. The minimum Gasteiger partial charge on any atom is -0.462 e. The van der Waals surface area contributed by atoms with Crippen molar-refractivity contribution in [1.82, 2.24) is 0 Å². The van der Waals surface area contributed by atoms with Crippen molar-refractivity contribution < 1.29 is 73.8 Å². The quantitative estimate of drug-likeness (QED) is 0.0175. The Balaban J connectivity index is 1.80. The van der Waals surface area contributed by atoms with E-state index >= 15 is 0 Å². The molecule has 2 rings (SSSR count). The van der Waals surface area contributed by atoms with Gasteiger partial charge in [0.1, 0.15) is 55.4 Å². The highest BCUT2D eigenvalue weighted by atomic mass is 16.7. The lowest BCUT2D eigenvalue weighted by Gasteiger charge is -2.42. The minimum absolute atomic E-state index is 0.162. The molecule has 0 spiro atoms. The summed E-state index contributed by atoms with van der Waals surface area (Å²) in [5.41, 5.74) is 0. The van der Waals surface area contributed by atoms with Crippen molar-refractivity contribution in [3.63, 3.8) is 0 Å². The van der Waals surface area contributed by atoms with E-state index in [1.165, 1.54) is 116 Å². The van der Waals surface area contributed by atoms with Crippen LogP contribution in [0.1, 0.15) is 206 Å². The number of aliphatic hydroxyl groups excluding tert-OH is 7. The third-order valence-corrected chi connectivity index (χ3v) is 12.9. The van der Waals surface area contributed by atoms with Gasteiger partial charge in [-0.2, -0.15) is 0 Å². The first kappa shape index (κ1) is 62.1. The monoisotopic (exact) mass is 973 g/mol. The first-order valence-electron chi connectivity index (χ1n) is 26.9. The summed E-state index contributed by atoms with van der Waals surface area (Å²) < 4.78 is 33.6. The van der Waals surface area contributed by atoms with Gasteiger partial charge in [0, 0.05) is 12.8 Å². The van der Waals surface area contributed by atoms with Gasteiger partial charge in [0.15, 0.2) is 18.7 Å². The van der Waals surface area contributed by atoms with E-state index in [4.69, 9.17) is 28.4 Å². The molecule has 7 N–H and O–H groups in total. The fourth-order valence-electron chi connectivity index (χ4n) is 8.44. The van der Waals surface area contributed by atoms with Crippen LogP contribution in [0.4, 0.5) is 0 Å². The number of hydrogen-bond acceptors (Lipinski definition) is 15. The van der Waals surface area contributed by atoms with Crippen molar-refractivity contribution in [3.05, 3.63) is 24.3 Å². The summed E-state index contributed by atoms with van der Waals surface area (Å²) in [6.45, 7) is 2.58. The molecule has 0 bridgehead atoms. The Morgan fingerprint density at radius 3 is 1.32 bits per heavy atom. The molecule has 2 fully saturated rings. The predicted octanol–water partition coefficient (Wildman–Crippen LogP) is 7.94. The van der Waals surface area contributed by atoms with Crippen LogP contribution in [0.3, 0.4) is 0 Å². The first-order chi connectivity index (χ1) is 33.0. The van der Waals surface area contributed by atoms with Crippen molar-refractivity contribution in [2.45, 2.75) is 274 Å². The fourth-order valence-corrected chi connectivity index (χ4v) is 8.44. The number of carbonyl (C=O) groups excluding carboxylic acids is 2. The normalized spacial score (nSPS) is 25.9. The molecule has 0 aromatic heterocycles. The van der Waals surface area contributed by atoms with E-state index in [2.05, 4.69) is 38.2 Å². The van der Waals surface area contributed by atoms with Gasteiger partial charge in [-0.15, -0.1) is 0 Å². The van der Waals surface area contributed by atoms with Gasteiger partial charge >= 0.3 is 11.9 Å². The van der Waals surface area contributed by atoms with E-state index in [-0.39, 0.29) is 26.1 Å². The summed E-state index contributed by atoms with van der Waals surface area (Å²) in [4.78, 5) is 25.8. The number of esters is 2. The Hall–Kier alpha value is -2.02. The molecule has 15 nitrogen and oxygen atoms in total. The highest BCUT2D eigenvalue weighted by Crippen LogP contribution is 2.26. The van der Waals surface area contributed by atoms with E-state index in [1.54, 1.807) is 0 Å². The van der Waals surface area contributed by atoms with Gasteiger partial charge in [-0.25, -0.2) is 0 Å². The van der Waals surface area contributed by atoms with Crippen LogP contribution in [0.25, 0.3) is 0 Å². The Kier molecular flexibility index (Phi) is 37.0. The molecule has 2 aliphatic heterocycles. The molecule has 2 heterocycles. The molecule has 11 atom stereocenters. The van der Waals surface area contributed by atoms with Crippen LogP contribution < -0.4 is 0 Å². The standard InChI is InChI=1S/C53H96O15/c1-3-5-7-9-11-13-15-17-19-20-22-24-26-28-30-32-34-36-45(56)66-41(38-63-44(55)35-33-31-29-27-25-23-21-18-16-14-12-10-8-6-4-2)39-64-52-51(62)49(60)47(58)43(68-52)40-65-53-50(61)48(59)46(57)42(37-54)67-53/h13,15,23,25,41-43,46-54,57-62H,3-12,14,16-22,24,26-40H2,1-2H3/b15-13+,25-23+/t41-,42+,43+,46-,47-,48?,49?,50?,51?,52+,53+/m1/s1. The molecule has 2 aliphatic rings. The molecule has 398 valence electrons. The zero-order chi connectivity index (χ0) is 49.6. The Morgan fingerprint density at radius 1 is 0.456 bits per heavy atom. The van der Waals surface area contributed by atoms with Crippen molar-refractivity contribution in [2.24, 2.45) is 0 Å². The lowest BCUT2D eigenvalue weighted by Crippen LogP contribution is -2.61. The second-order valence-electron chi connectivity index (χ2n) is 19.0. The second kappa shape index (κ2) is 40.6. The second-order valence-corrected chi connectivity index (χ2v) is 19.0. The SMILES string of the molecule is CCCCCC/C=C/CCCCCCCCCCCC(=O)O[C@H](COC(=O)CCCCC/C=C/CCCCCCCCCC)CO[C@H]1O[C@@H](CO[C@H]2O[C@@H](CO)[C@@H](O)C(O)C2O)[C@@H](O)C(O)C1O. The van der Waals surface area contributed by atoms with Gasteiger partial charge in [0.25, 0.3) is 0 Å². The third-order valence-electron chi connectivity index (χ3n) is 12.9. The summed E-state index contributed by atoms with van der Waals surface area (Å²) >= 11 is 0. The zero-order valence-electron chi connectivity index (χ0n) is 42.1. The number of rotatable bonds is 42. The summed E-state index contributed by atoms with van der Waals surface area (Å²) in [6, 6.07) is 0. The summed E-state index contributed by atoms with van der Waals surface area (Å²) in [7, 11) is 0. The van der Waals surface area contributed by atoms with Gasteiger partial charge in [0.2, 0.25) is 0 Å². The maximum atomic E-state index is 13.0. The van der Waals surface area contributed by atoms with Crippen molar-refractivity contribution in [2.75, 3.05) is 26.4 Å². The van der Waals surface area contributed by atoms with Crippen LogP contribution in [0, 0.1) is 0 Å². The molecule has 68 heavy (non-hydrogen) atoms. The Bertz CT molecular complexity index is 1280. The first-order valence-corrected chi connectivity index (χ1v) is 26.9. The molecule has 0 saturated carbocycles. The summed E-state index contributed by atoms with van der Waals surface area (Å²) in [6.07, 6.45) is 24.9. The minimum atomic E-state index is -1.77. The van der Waals surface area contributed by atoms with E-state index < -0.39 is 92.7 Å². The van der Waals surface area contributed by atoms with E-state index in [1.807, 2.05) is 0 Å². The maximum absolute atomic E-state index is 13.0. The van der Waals surface area contributed by atoms with E-state index in [9.17, 15) is 45.3 Å². The van der Waals surface area contributed by atoms with Crippen LogP contribution in [-0.4, -0.2) is 142 Å². The molecule has 2 saturated heterocycles. The number of unbranched alkanes of at least 4 members (excludes halogenated alkanes) is 24. The molecule has 0 aromatic rings. The van der Waals surface area contributed by atoms with E-state index in [0.717, 1.165) is 51.4 Å². The number of aliphatic hydroxyl groups is 7. The predicted molar refractivity (Wildman–Crippen MR) is 261 cm³/mol. The molecule has 0 aromatic carbocycles. The molecule has 15 heteroatoms. The van der Waals surface area contributed by atoms with Crippen molar-refractivity contribution in [1.29, 1.82) is 0 Å². The van der Waals surface area contributed by atoms with Gasteiger partial charge in [0.05, 0.1) is 19.8 Å². The Morgan fingerprint density at radius 2 is 0.838 bits per heavy atom. The molecule has 4 unspecified atom stereocenters. The number of allylic oxidation sites excluding steroid dienone is 4. The number of hydrogen-bond donors (Lipinski definition) is 7. The van der Waals surface area contributed by atoms with Gasteiger partial charge in [-0.05, 0) is 64.2 Å². The Labute approximate surface area is 409 Å². The van der Waals surface area contributed by atoms with E-state index in [0.29, 0.717) is 12.8 Å². The summed E-state index contributed by atoms with van der Waals surface area (Å²) in [5.74, 6) is -0.939. The third kappa shape index (κ3) is 28.1. The van der Waals surface area contributed by atoms with Crippen LogP contribution in [0.2, 0.25) is 0 Å². The average Bonchev–Trinajstić information content (AvgIpc) is 3.33. The molecule has 0 amide bonds. The van der Waals surface area contributed by atoms with Crippen molar-refractivity contribution >= 4 is 11.9 Å². The van der Waals surface area contributed by atoms with Gasteiger partial charge in [-0.1, -0.05) is 154 Å². The number of carbonyl (C=O) groups is 2. The van der Waals surface area contributed by atoms with Crippen molar-refractivity contribution in [3.8, 4) is 0 Å². The highest BCUT2D eigenvalue weighted by Gasteiger charge is 2.47. The molecular weight excluding hydrogens is 877 g/mol. The highest BCUT2D eigenvalue weighted by molar-refractivity contribution is 5.70. The van der Waals surface area contributed by atoms with Crippen LogP contribution in [-0.2, 0) is 38.0 Å².